The van der Waals surface area contributed by atoms with Crippen molar-refractivity contribution >= 4 is 45.7 Å². The predicted octanol–water partition coefficient (Wildman–Crippen LogP) is 3.89. The molecule has 0 fully saturated rings. The number of nitrogens with one attached hydrogen (secondary N) is 3. The number of anilines is 2. The van der Waals surface area contributed by atoms with Gasteiger partial charge in [0.15, 0.2) is 5.13 Å². The lowest BCUT2D eigenvalue weighted by Crippen LogP contribution is -2.29. The summed E-state index contributed by atoms with van der Waals surface area (Å²) in [5.41, 5.74) is 1.15. The summed E-state index contributed by atoms with van der Waals surface area (Å²) in [5, 5.41) is 8.95. The number of amides is 3. The Hall–Kier alpha value is -2.12. The molecule has 0 aliphatic carbocycles. The van der Waals surface area contributed by atoms with Crippen LogP contribution >= 0.6 is 22.9 Å². The van der Waals surface area contributed by atoms with Gasteiger partial charge in [-0.1, -0.05) is 29.0 Å². The normalized spacial score (nSPS) is 10.5. The molecule has 6 nitrogen and oxygen atoms in total. The Morgan fingerprint density at radius 2 is 2.00 bits per heavy atom. The number of carbonyl (C=O) groups excluding carboxylic acids is 2. The highest BCUT2D eigenvalue weighted by molar-refractivity contribution is 7.17. The number of hydrogen-bond acceptors (Lipinski definition) is 4. The monoisotopic (exact) mass is 352 g/mol. The number of thiazole rings is 1. The molecular formula is C15H17ClN4O2S. The molecule has 0 aliphatic heterocycles. The highest BCUT2D eigenvalue weighted by Gasteiger charge is 2.17. The summed E-state index contributed by atoms with van der Waals surface area (Å²) in [6.07, 6.45) is 0. The lowest BCUT2D eigenvalue weighted by molar-refractivity contribution is 0.0946. The Kier molecular flexibility index (Phi) is 5.57. The van der Waals surface area contributed by atoms with Crippen LogP contribution in [0, 0.1) is 6.92 Å². The smallest absolute Gasteiger partial charge is 0.325 e. The van der Waals surface area contributed by atoms with Gasteiger partial charge >= 0.3 is 6.03 Å². The van der Waals surface area contributed by atoms with Crippen molar-refractivity contribution in [1.82, 2.24) is 10.3 Å². The van der Waals surface area contributed by atoms with Crippen LogP contribution in [-0.2, 0) is 0 Å². The second-order valence-corrected chi connectivity index (χ2v) is 6.59. The molecule has 0 bridgehead atoms. The maximum absolute atomic E-state index is 12.0. The maximum Gasteiger partial charge on any atom is 0.325 e. The van der Waals surface area contributed by atoms with E-state index in [1.807, 2.05) is 13.8 Å². The summed E-state index contributed by atoms with van der Waals surface area (Å²) in [4.78, 5) is 28.7. The summed E-state index contributed by atoms with van der Waals surface area (Å²) in [5.74, 6) is -0.196. The van der Waals surface area contributed by atoms with Crippen molar-refractivity contribution in [3.8, 4) is 0 Å². The molecule has 1 heterocycles. The van der Waals surface area contributed by atoms with Gasteiger partial charge in [-0.15, -0.1) is 0 Å². The minimum absolute atomic E-state index is 0.0338. The van der Waals surface area contributed by atoms with Crippen LogP contribution in [0.5, 0.6) is 0 Å². The Morgan fingerprint density at radius 1 is 1.26 bits per heavy atom. The highest BCUT2D eigenvalue weighted by atomic mass is 35.5. The number of nitrogens with zero attached hydrogens (tertiary/aromatic N) is 1. The van der Waals surface area contributed by atoms with Crippen molar-refractivity contribution in [2.75, 3.05) is 10.6 Å². The van der Waals surface area contributed by atoms with Crippen molar-refractivity contribution in [1.29, 1.82) is 0 Å². The number of benzene rings is 1. The molecule has 0 unspecified atom stereocenters. The van der Waals surface area contributed by atoms with E-state index in [2.05, 4.69) is 20.9 Å². The van der Waals surface area contributed by atoms with Gasteiger partial charge in [0.2, 0.25) is 0 Å². The van der Waals surface area contributed by atoms with Crippen LogP contribution in [0.3, 0.4) is 0 Å². The van der Waals surface area contributed by atoms with Crippen LogP contribution in [0.25, 0.3) is 0 Å². The first kappa shape index (κ1) is 17.2. The second kappa shape index (κ2) is 7.43. The minimum Gasteiger partial charge on any atom is -0.349 e. The van der Waals surface area contributed by atoms with E-state index in [9.17, 15) is 9.59 Å². The summed E-state index contributed by atoms with van der Waals surface area (Å²) >= 11 is 6.99. The second-order valence-electron chi connectivity index (χ2n) is 5.15. The molecule has 2 rings (SSSR count). The SMILES string of the molecule is Cc1nc(NC(=O)Nc2cccc(Cl)c2)sc1C(=O)NC(C)C. The molecule has 8 heteroatoms. The van der Waals surface area contributed by atoms with E-state index in [4.69, 9.17) is 11.6 Å². The third-order valence-corrected chi connectivity index (χ3v) is 4.03. The fraction of sp³-hybridized carbons (Fsp3) is 0.267. The first-order valence-electron chi connectivity index (χ1n) is 6.97. The van der Waals surface area contributed by atoms with E-state index >= 15 is 0 Å². The number of halogens is 1. The number of hydrogen-bond donors (Lipinski definition) is 3. The minimum atomic E-state index is -0.447. The van der Waals surface area contributed by atoms with Crippen molar-refractivity contribution < 1.29 is 9.59 Å². The van der Waals surface area contributed by atoms with Gasteiger partial charge in [-0.3, -0.25) is 10.1 Å². The van der Waals surface area contributed by atoms with E-state index in [1.54, 1.807) is 31.2 Å². The van der Waals surface area contributed by atoms with Crippen molar-refractivity contribution in [2.45, 2.75) is 26.8 Å². The standard InChI is InChI=1S/C15H17ClN4O2S/c1-8(2)17-13(21)12-9(3)18-15(23-12)20-14(22)19-11-6-4-5-10(16)7-11/h4-8H,1-3H3,(H,17,21)(H2,18,19,20,22). The Morgan fingerprint density at radius 3 is 2.65 bits per heavy atom. The summed E-state index contributed by atoms with van der Waals surface area (Å²) in [6, 6.07) is 6.40. The Balaban J connectivity index is 2.03. The average Bonchev–Trinajstić information content (AvgIpc) is 2.78. The molecular weight excluding hydrogens is 336 g/mol. The number of aryl methyl sites for hydroxylation is 1. The van der Waals surface area contributed by atoms with Crippen LogP contribution in [0.15, 0.2) is 24.3 Å². The zero-order valence-electron chi connectivity index (χ0n) is 12.9. The highest BCUT2D eigenvalue weighted by Crippen LogP contribution is 2.23. The molecule has 1 aromatic carbocycles. The molecule has 0 aliphatic rings. The van der Waals surface area contributed by atoms with Crippen LogP contribution in [0.4, 0.5) is 15.6 Å². The van der Waals surface area contributed by atoms with E-state index < -0.39 is 6.03 Å². The lowest BCUT2D eigenvalue weighted by Gasteiger charge is -2.06. The van der Waals surface area contributed by atoms with E-state index in [-0.39, 0.29) is 11.9 Å². The van der Waals surface area contributed by atoms with E-state index in [0.717, 1.165) is 11.3 Å². The van der Waals surface area contributed by atoms with Crippen molar-refractivity contribution in [3.63, 3.8) is 0 Å². The third-order valence-electron chi connectivity index (χ3n) is 2.73. The summed E-state index contributed by atoms with van der Waals surface area (Å²) in [6.45, 7) is 5.49. The van der Waals surface area contributed by atoms with Crippen LogP contribution in [-0.4, -0.2) is 23.0 Å². The molecule has 122 valence electrons. The molecule has 3 N–H and O–H groups in total. The number of rotatable bonds is 4. The number of urea groups is 1. The number of carbonyl (C=O) groups is 2. The van der Waals surface area contributed by atoms with Crippen molar-refractivity contribution in [2.24, 2.45) is 0 Å². The third kappa shape index (κ3) is 4.94. The van der Waals surface area contributed by atoms with Gasteiger partial charge in [-0.2, -0.15) is 0 Å². The topological polar surface area (TPSA) is 83.1 Å². The Labute approximate surface area is 143 Å². The summed E-state index contributed by atoms with van der Waals surface area (Å²) < 4.78 is 0. The fourth-order valence-corrected chi connectivity index (χ4v) is 2.87. The molecule has 1 aromatic heterocycles. The fourth-order valence-electron chi connectivity index (χ4n) is 1.81. The molecule has 0 saturated heterocycles. The molecule has 2 aromatic rings. The largest absolute Gasteiger partial charge is 0.349 e. The van der Waals surface area contributed by atoms with Crippen LogP contribution in [0.1, 0.15) is 29.2 Å². The van der Waals surface area contributed by atoms with Crippen LogP contribution < -0.4 is 16.0 Å². The van der Waals surface area contributed by atoms with Gasteiger partial charge < -0.3 is 10.6 Å². The molecule has 0 spiro atoms. The molecule has 0 saturated carbocycles. The average molecular weight is 353 g/mol. The number of aromatic nitrogens is 1. The zero-order chi connectivity index (χ0) is 17.0. The van der Waals surface area contributed by atoms with E-state index in [1.165, 1.54) is 0 Å². The van der Waals surface area contributed by atoms with Crippen molar-refractivity contribution in [3.05, 3.63) is 39.9 Å². The summed E-state index contributed by atoms with van der Waals surface area (Å²) in [7, 11) is 0. The Bertz CT molecular complexity index is 730. The first-order chi connectivity index (χ1) is 10.8. The zero-order valence-corrected chi connectivity index (χ0v) is 14.5. The van der Waals surface area contributed by atoms with Gasteiger partial charge in [0.05, 0.1) is 5.69 Å². The van der Waals surface area contributed by atoms with Gasteiger partial charge in [0, 0.05) is 16.8 Å². The molecule has 23 heavy (non-hydrogen) atoms. The quantitative estimate of drug-likeness (QED) is 0.780. The lowest BCUT2D eigenvalue weighted by atomic mass is 10.3. The molecule has 0 atom stereocenters. The predicted molar refractivity (Wildman–Crippen MR) is 93.5 cm³/mol. The van der Waals surface area contributed by atoms with Gasteiger partial charge in [-0.05, 0) is 39.0 Å². The first-order valence-corrected chi connectivity index (χ1v) is 8.16. The van der Waals surface area contributed by atoms with Gasteiger partial charge in [0.1, 0.15) is 4.88 Å². The van der Waals surface area contributed by atoms with E-state index in [0.29, 0.717) is 26.4 Å². The van der Waals surface area contributed by atoms with Gasteiger partial charge in [-0.25, -0.2) is 9.78 Å². The molecule has 3 amide bonds. The van der Waals surface area contributed by atoms with Gasteiger partial charge in [0.25, 0.3) is 5.91 Å². The maximum atomic E-state index is 12.0. The molecule has 0 radical (unpaired) electrons. The van der Waals surface area contributed by atoms with Crippen LogP contribution in [0.2, 0.25) is 5.02 Å².